The number of fused-ring (bicyclic) bond motifs is 1. The number of benzene rings is 1. The molecule has 1 N–H and O–H groups in total. The second-order valence-corrected chi connectivity index (χ2v) is 4.76. The third-order valence-corrected chi connectivity index (χ3v) is 3.39. The first-order valence-electron chi connectivity index (χ1n) is 6.65. The first-order chi connectivity index (χ1) is 9.24. The molecule has 1 aliphatic heterocycles. The normalized spacial score (nSPS) is 16.8. The van der Waals surface area contributed by atoms with Crippen molar-refractivity contribution in [3.63, 3.8) is 0 Å². The van der Waals surface area contributed by atoms with E-state index in [-0.39, 0.29) is 6.10 Å². The fraction of sp³-hybridized carbons (Fsp3) is 0.500. The van der Waals surface area contributed by atoms with E-state index in [1.165, 1.54) is 0 Å². The Balaban J connectivity index is 1.95. The average molecular weight is 280 g/mol. The number of thiocarbonyl (C=S) groups is 1. The Bertz CT molecular complexity index is 439. The fourth-order valence-corrected chi connectivity index (χ4v) is 2.37. The summed E-state index contributed by atoms with van der Waals surface area (Å²) in [6, 6.07) is 7.75. The highest BCUT2D eigenvalue weighted by atomic mass is 32.1. The maximum absolute atomic E-state index is 5.94. The molecule has 5 heteroatoms. The molecule has 1 aliphatic rings. The molecule has 104 valence electrons. The van der Waals surface area contributed by atoms with E-state index in [1.54, 1.807) is 0 Å². The number of rotatable bonds is 4. The molecular weight excluding hydrogens is 260 g/mol. The summed E-state index contributed by atoms with van der Waals surface area (Å²) in [4.78, 5) is 2.10. The SMILES string of the molecule is CCNC(=S)N(CC)CC1COc2ccccc2O1. The van der Waals surface area contributed by atoms with Gasteiger partial charge in [0.05, 0.1) is 6.54 Å². The van der Waals surface area contributed by atoms with Gasteiger partial charge in [-0.1, -0.05) is 12.1 Å². The van der Waals surface area contributed by atoms with Crippen molar-refractivity contribution in [2.75, 3.05) is 26.2 Å². The predicted molar refractivity (Wildman–Crippen MR) is 79.9 cm³/mol. The van der Waals surface area contributed by atoms with Crippen LogP contribution in [0.1, 0.15) is 13.8 Å². The fourth-order valence-electron chi connectivity index (χ4n) is 2.02. The molecular formula is C14H20N2O2S. The first-order valence-corrected chi connectivity index (χ1v) is 7.06. The van der Waals surface area contributed by atoms with E-state index in [9.17, 15) is 0 Å². The van der Waals surface area contributed by atoms with Crippen molar-refractivity contribution in [2.45, 2.75) is 20.0 Å². The molecule has 1 aromatic carbocycles. The average Bonchev–Trinajstić information content (AvgIpc) is 2.44. The van der Waals surface area contributed by atoms with Crippen LogP contribution in [-0.2, 0) is 0 Å². The van der Waals surface area contributed by atoms with Crippen molar-refractivity contribution in [3.8, 4) is 11.5 Å². The van der Waals surface area contributed by atoms with Gasteiger partial charge in [-0.15, -0.1) is 0 Å². The van der Waals surface area contributed by atoms with Crippen molar-refractivity contribution in [1.82, 2.24) is 10.2 Å². The number of hydrogen-bond donors (Lipinski definition) is 1. The summed E-state index contributed by atoms with van der Waals surface area (Å²) in [6.45, 7) is 7.10. The van der Waals surface area contributed by atoms with Crippen LogP contribution in [0.25, 0.3) is 0 Å². The van der Waals surface area contributed by atoms with Crippen LogP contribution in [0.5, 0.6) is 11.5 Å². The minimum Gasteiger partial charge on any atom is -0.486 e. The summed E-state index contributed by atoms with van der Waals surface area (Å²) in [5.74, 6) is 1.63. The van der Waals surface area contributed by atoms with Crippen LogP contribution in [0.4, 0.5) is 0 Å². The Hall–Kier alpha value is -1.49. The van der Waals surface area contributed by atoms with Gasteiger partial charge in [-0.3, -0.25) is 0 Å². The Morgan fingerprint density at radius 1 is 1.37 bits per heavy atom. The molecule has 0 fully saturated rings. The van der Waals surface area contributed by atoms with Crippen molar-refractivity contribution in [2.24, 2.45) is 0 Å². The van der Waals surface area contributed by atoms with Crippen LogP contribution < -0.4 is 14.8 Å². The second kappa shape index (κ2) is 6.61. The van der Waals surface area contributed by atoms with Crippen molar-refractivity contribution >= 4 is 17.3 Å². The lowest BCUT2D eigenvalue weighted by Gasteiger charge is -2.32. The highest BCUT2D eigenvalue weighted by molar-refractivity contribution is 7.80. The summed E-state index contributed by atoms with van der Waals surface area (Å²) in [5, 5.41) is 3.94. The minimum absolute atomic E-state index is 0.00598. The van der Waals surface area contributed by atoms with E-state index in [0.717, 1.165) is 36.2 Å². The van der Waals surface area contributed by atoms with Crippen LogP contribution in [0.15, 0.2) is 24.3 Å². The molecule has 0 spiro atoms. The highest BCUT2D eigenvalue weighted by Gasteiger charge is 2.23. The number of nitrogens with zero attached hydrogens (tertiary/aromatic N) is 1. The van der Waals surface area contributed by atoms with Crippen LogP contribution in [0.3, 0.4) is 0 Å². The van der Waals surface area contributed by atoms with Crippen LogP contribution >= 0.6 is 12.2 Å². The molecule has 0 amide bonds. The zero-order valence-corrected chi connectivity index (χ0v) is 12.2. The maximum atomic E-state index is 5.94. The lowest BCUT2D eigenvalue weighted by atomic mass is 10.2. The van der Waals surface area contributed by atoms with E-state index < -0.39 is 0 Å². The summed E-state index contributed by atoms with van der Waals surface area (Å²) >= 11 is 5.34. The van der Waals surface area contributed by atoms with Crippen molar-refractivity contribution in [3.05, 3.63) is 24.3 Å². The summed E-state index contributed by atoms with van der Waals surface area (Å²) in [7, 11) is 0. The van der Waals surface area contributed by atoms with Gasteiger partial charge in [-0.2, -0.15) is 0 Å². The predicted octanol–water partition coefficient (Wildman–Crippen LogP) is 2.04. The maximum Gasteiger partial charge on any atom is 0.169 e. The summed E-state index contributed by atoms with van der Waals surface area (Å²) in [6.07, 6.45) is 0.00598. The molecule has 4 nitrogen and oxygen atoms in total. The third-order valence-electron chi connectivity index (χ3n) is 2.99. The van der Waals surface area contributed by atoms with Gasteiger partial charge in [0.15, 0.2) is 22.7 Å². The molecule has 1 atom stereocenters. The number of hydrogen-bond acceptors (Lipinski definition) is 3. The van der Waals surface area contributed by atoms with Gasteiger partial charge in [0.1, 0.15) is 6.61 Å². The molecule has 0 bridgehead atoms. The van der Waals surface area contributed by atoms with Crippen LogP contribution in [0.2, 0.25) is 0 Å². The number of likely N-dealkylation sites (N-methyl/N-ethyl adjacent to an activating group) is 1. The minimum atomic E-state index is 0.00598. The van der Waals surface area contributed by atoms with Gasteiger partial charge >= 0.3 is 0 Å². The van der Waals surface area contributed by atoms with Gasteiger partial charge in [0, 0.05) is 13.1 Å². The topological polar surface area (TPSA) is 33.7 Å². The Morgan fingerprint density at radius 2 is 2.11 bits per heavy atom. The monoisotopic (exact) mass is 280 g/mol. The molecule has 0 saturated carbocycles. The Kier molecular flexibility index (Phi) is 4.85. The first kappa shape index (κ1) is 13.9. The van der Waals surface area contributed by atoms with Gasteiger partial charge < -0.3 is 19.7 Å². The quantitative estimate of drug-likeness (QED) is 0.854. The molecule has 2 rings (SSSR count). The van der Waals surface area contributed by atoms with E-state index >= 15 is 0 Å². The number of para-hydroxylation sites is 2. The molecule has 0 aromatic heterocycles. The summed E-state index contributed by atoms with van der Waals surface area (Å²) < 4.78 is 11.6. The molecule has 1 heterocycles. The molecule has 19 heavy (non-hydrogen) atoms. The number of nitrogens with one attached hydrogen (secondary N) is 1. The zero-order chi connectivity index (χ0) is 13.7. The van der Waals surface area contributed by atoms with Crippen molar-refractivity contribution < 1.29 is 9.47 Å². The van der Waals surface area contributed by atoms with E-state index in [2.05, 4.69) is 17.1 Å². The summed E-state index contributed by atoms with van der Waals surface area (Å²) in [5.41, 5.74) is 0. The lowest BCUT2D eigenvalue weighted by Crippen LogP contribution is -2.47. The van der Waals surface area contributed by atoms with Crippen LogP contribution in [-0.4, -0.2) is 42.4 Å². The highest BCUT2D eigenvalue weighted by Crippen LogP contribution is 2.30. The molecule has 0 saturated heterocycles. The van der Waals surface area contributed by atoms with E-state index in [0.29, 0.717) is 6.61 Å². The van der Waals surface area contributed by atoms with Gasteiger partial charge in [-0.25, -0.2) is 0 Å². The molecule has 0 aliphatic carbocycles. The van der Waals surface area contributed by atoms with Crippen LogP contribution in [0, 0.1) is 0 Å². The van der Waals surface area contributed by atoms with Gasteiger partial charge in [-0.05, 0) is 38.2 Å². The number of ether oxygens (including phenoxy) is 2. The Morgan fingerprint density at radius 3 is 2.79 bits per heavy atom. The van der Waals surface area contributed by atoms with Gasteiger partial charge in [0.25, 0.3) is 0 Å². The molecule has 0 radical (unpaired) electrons. The Labute approximate surface area is 119 Å². The largest absolute Gasteiger partial charge is 0.486 e. The van der Waals surface area contributed by atoms with Gasteiger partial charge in [0.2, 0.25) is 0 Å². The second-order valence-electron chi connectivity index (χ2n) is 4.37. The third kappa shape index (κ3) is 3.50. The van der Waals surface area contributed by atoms with E-state index in [4.69, 9.17) is 21.7 Å². The lowest BCUT2D eigenvalue weighted by molar-refractivity contribution is 0.0748. The smallest absolute Gasteiger partial charge is 0.169 e. The van der Waals surface area contributed by atoms with Crippen molar-refractivity contribution in [1.29, 1.82) is 0 Å². The van der Waals surface area contributed by atoms with E-state index in [1.807, 2.05) is 31.2 Å². The molecule has 1 unspecified atom stereocenters. The standard InChI is InChI=1S/C14H20N2O2S/c1-3-15-14(19)16(4-2)9-11-10-17-12-7-5-6-8-13(12)18-11/h5-8,11H,3-4,9-10H2,1-2H3,(H,15,19). The zero-order valence-electron chi connectivity index (χ0n) is 11.4. The molecule has 1 aromatic rings.